The third-order valence-corrected chi connectivity index (χ3v) is 6.07. The number of hydrogen-bond donors (Lipinski definition) is 0. The highest BCUT2D eigenvalue weighted by molar-refractivity contribution is 5.89. The Kier molecular flexibility index (Phi) is 5.40. The summed E-state index contributed by atoms with van der Waals surface area (Å²) in [5.41, 5.74) is 4.36. The number of nitrogens with zero attached hydrogens (tertiary/aromatic N) is 6. The lowest BCUT2D eigenvalue weighted by atomic mass is 10.1. The number of methoxy groups -OCH3 is 1. The Bertz CT molecular complexity index is 1270. The highest BCUT2D eigenvalue weighted by Crippen LogP contribution is 2.34. The van der Waals surface area contributed by atoms with E-state index in [4.69, 9.17) is 19.4 Å². The third-order valence-electron chi connectivity index (χ3n) is 6.07. The Hall–Kier alpha value is -3.23. The molecule has 0 bridgehead atoms. The molecule has 3 aromatic heterocycles. The molecule has 0 radical (unpaired) electrons. The van der Waals surface area contributed by atoms with Crippen molar-refractivity contribution in [3.63, 3.8) is 0 Å². The van der Waals surface area contributed by atoms with Crippen LogP contribution in [0.1, 0.15) is 6.42 Å². The van der Waals surface area contributed by atoms with Crippen LogP contribution in [0.3, 0.4) is 0 Å². The number of aromatic nitrogens is 4. The van der Waals surface area contributed by atoms with Gasteiger partial charge in [-0.25, -0.2) is 9.97 Å². The fraction of sp³-hybridized carbons (Fsp3) is 0.375. The van der Waals surface area contributed by atoms with Crippen molar-refractivity contribution in [1.82, 2.24) is 24.6 Å². The number of fused-ring (bicyclic) bond motifs is 2. The van der Waals surface area contributed by atoms with Crippen molar-refractivity contribution in [1.29, 1.82) is 0 Å². The first-order valence-electron chi connectivity index (χ1n) is 10.8. The molecule has 5 rings (SSSR count). The standard InChI is InChI=1S/C24H28N6O2/c1-28(2)17-9-10-30(14-17)24-8-7-20-21(26-24)6-5-19(25-20)18-11-16-13-29(3)27-22(16)12-23(18)32-15-31-4/h5-8,11-13,17H,9-10,14-15H2,1-4H3. The lowest BCUT2D eigenvalue weighted by Gasteiger charge is -2.21. The van der Waals surface area contributed by atoms with Gasteiger partial charge in [-0.2, -0.15) is 5.10 Å². The maximum absolute atomic E-state index is 5.85. The van der Waals surface area contributed by atoms with Gasteiger partial charge in [-0.3, -0.25) is 4.68 Å². The number of hydrogen-bond acceptors (Lipinski definition) is 7. The van der Waals surface area contributed by atoms with Gasteiger partial charge in [0.25, 0.3) is 0 Å². The topological polar surface area (TPSA) is 68.5 Å². The van der Waals surface area contributed by atoms with Crippen LogP contribution in [0.2, 0.25) is 0 Å². The van der Waals surface area contributed by atoms with Gasteiger partial charge in [-0.1, -0.05) is 0 Å². The fourth-order valence-electron chi connectivity index (χ4n) is 4.31. The largest absolute Gasteiger partial charge is 0.467 e. The number of likely N-dealkylation sites (N-methyl/N-ethyl adjacent to an activating group) is 1. The molecule has 32 heavy (non-hydrogen) atoms. The molecule has 0 N–H and O–H groups in total. The molecule has 8 heteroatoms. The van der Waals surface area contributed by atoms with Crippen LogP contribution in [0.15, 0.2) is 42.6 Å². The van der Waals surface area contributed by atoms with E-state index in [0.29, 0.717) is 11.8 Å². The first kappa shape index (κ1) is 20.7. The van der Waals surface area contributed by atoms with Crippen molar-refractivity contribution in [2.24, 2.45) is 7.05 Å². The van der Waals surface area contributed by atoms with E-state index in [1.165, 1.54) is 0 Å². The first-order valence-corrected chi connectivity index (χ1v) is 10.8. The molecule has 0 spiro atoms. The molecule has 1 aromatic carbocycles. The average molecular weight is 433 g/mol. The van der Waals surface area contributed by atoms with Crippen LogP contribution >= 0.6 is 0 Å². The zero-order valence-corrected chi connectivity index (χ0v) is 18.9. The van der Waals surface area contributed by atoms with Crippen LogP contribution in [0, 0.1) is 0 Å². The lowest BCUT2D eigenvalue weighted by molar-refractivity contribution is 0.0516. The Morgan fingerprint density at radius 2 is 1.88 bits per heavy atom. The quantitative estimate of drug-likeness (QED) is 0.433. The number of rotatable bonds is 6. The maximum Gasteiger partial charge on any atom is 0.188 e. The fourth-order valence-corrected chi connectivity index (χ4v) is 4.31. The molecule has 8 nitrogen and oxygen atoms in total. The second-order valence-electron chi connectivity index (χ2n) is 8.52. The lowest BCUT2D eigenvalue weighted by Crippen LogP contribution is -2.31. The van der Waals surface area contributed by atoms with Crippen molar-refractivity contribution in [3.8, 4) is 17.0 Å². The van der Waals surface area contributed by atoms with E-state index < -0.39 is 0 Å². The van der Waals surface area contributed by atoms with E-state index in [-0.39, 0.29) is 6.79 Å². The van der Waals surface area contributed by atoms with Crippen LogP contribution in [0.4, 0.5) is 5.82 Å². The smallest absolute Gasteiger partial charge is 0.188 e. The van der Waals surface area contributed by atoms with Crippen LogP contribution < -0.4 is 9.64 Å². The number of aryl methyl sites for hydroxylation is 1. The molecule has 1 atom stereocenters. The zero-order valence-electron chi connectivity index (χ0n) is 18.9. The molecule has 0 saturated carbocycles. The highest BCUT2D eigenvalue weighted by Gasteiger charge is 2.25. The van der Waals surface area contributed by atoms with Gasteiger partial charge in [0, 0.05) is 56.5 Å². The third kappa shape index (κ3) is 3.87. The Balaban J connectivity index is 1.50. The minimum Gasteiger partial charge on any atom is -0.467 e. The summed E-state index contributed by atoms with van der Waals surface area (Å²) in [4.78, 5) is 14.4. The molecule has 1 fully saturated rings. The van der Waals surface area contributed by atoms with Crippen LogP contribution in [-0.4, -0.2) is 71.8 Å². The predicted molar refractivity (Wildman–Crippen MR) is 126 cm³/mol. The van der Waals surface area contributed by atoms with E-state index in [1.807, 2.05) is 31.4 Å². The van der Waals surface area contributed by atoms with Gasteiger partial charge >= 0.3 is 0 Å². The Labute approximate surface area is 187 Å². The first-order chi connectivity index (χ1) is 15.5. The minimum absolute atomic E-state index is 0.160. The van der Waals surface area contributed by atoms with Gasteiger partial charge in [-0.05, 0) is 50.8 Å². The van der Waals surface area contributed by atoms with Gasteiger partial charge in [0.1, 0.15) is 11.6 Å². The van der Waals surface area contributed by atoms with Crippen LogP contribution in [0.5, 0.6) is 5.75 Å². The summed E-state index contributed by atoms with van der Waals surface area (Å²) in [6, 6.07) is 12.7. The molecule has 1 saturated heterocycles. The van der Waals surface area contributed by atoms with E-state index >= 15 is 0 Å². The van der Waals surface area contributed by atoms with E-state index in [1.54, 1.807) is 11.8 Å². The number of benzene rings is 1. The number of ether oxygens (including phenoxy) is 2. The molecule has 1 aliphatic rings. The summed E-state index contributed by atoms with van der Waals surface area (Å²) >= 11 is 0. The molecule has 1 unspecified atom stereocenters. The maximum atomic E-state index is 5.85. The summed E-state index contributed by atoms with van der Waals surface area (Å²) < 4.78 is 12.8. The van der Waals surface area contributed by atoms with Crippen LogP contribution in [-0.2, 0) is 11.8 Å². The molecular weight excluding hydrogens is 404 g/mol. The second-order valence-corrected chi connectivity index (χ2v) is 8.52. The summed E-state index contributed by atoms with van der Waals surface area (Å²) in [5, 5.41) is 5.52. The molecule has 4 heterocycles. The summed E-state index contributed by atoms with van der Waals surface area (Å²) in [6.07, 6.45) is 3.15. The highest BCUT2D eigenvalue weighted by atomic mass is 16.7. The van der Waals surface area contributed by atoms with Gasteiger partial charge in [0.05, 0.1) is 22.2 Å². The van der Waals surface area contributed by atoms with Crippen molar-refractivity contribution in [3.05, 3.63) is 42.6 Å². The van der Waals surface area contributed by atoms with Crippen molar-refractivity contribution >= 4 is 27.8 Å². The normalized spacial score (nSPS) is 16.5. The number of pyridine rings is 2. The molecule has 0 amide bonds. The number of anilines is 1. The predicted octanol–water partition coefficient (Wildman–Crippen LogP) is 3.31. The molecule has 0 aliphatic carbocycles. The van der Waals surface area contributed by atoms with Crippen molar-refractivity contribution < 1.29 is 9.47 Å². The second kappa shape index (κ2) is 8.37. The van der Waals surface area contributed by atoms with Gasteiger partial charge < -0.3 is 19.3 Å². The summed E-state index contributed by atoms with van der Waals surface area (Å²) in [6.45, 7) is 2.19. The van der Waals surface area contributed by atoms with E-state index in [9.17, 15) is 0 Å². The minimum atomic E-state index is 0.160. The van der Waals surface area contributed by atoms with Gasteiger partial charge in [0.15, 0.2) is 6.79 Å². The van der Waals surface area contributed by atoms with Crippen molar-refractivity contribution in [2.45, 2.75) is 12.5 Å². The SMILES string of the molecule is COCOc1cc2nn(C)cc2cc1-c1ccc2nc(N3CCC(N(C)C)C3)ccc2n1. The molecule has 1 aliphatic heterocycles. The average Bonchev–Trinajstić information content (AvgIpc) is 3.42. The monoisotopic (exact) mass is 432 g/mol. The molecule has 166 valence electrons. The summed E-state index contributed by atoms with van der Waals surface area (Å²) in [7, 11) is 7.80. The van der Waals surface area contributed by atoms with Crippen molar-refractivity contribution in [2.75, 3.05) is 46.0 Å². The van der Waals surface area contributed by atoms with Gasteiger partial charge in [0.2, 0.25) is 0 Å². The Morgan fingerprint density at radius 1 is 1.06 bits per heavy atom. The van der Waals surface area contributed by atoms with E-state index in [2.05, 4.69) is 47.2 Å². The van der Waals surface area contributed by atoms with E-state index in [0.717, 1.165) is 58.5 Å². The van der Waals surface area contributed by atoms with Gasteiger partial charge in [-0.15, -0.1) is 0 Å². The summed E-state index contributed by atoms with van der Waals surface area (Å²) in [5.74, 6) is 1.71. The zero-order chi connectivity index (χ0) is 22.2. The molecular formula is C24H28N6O2. The molecule has 4 aromatic rings. The van der Waals surface area contributed by atoms with Crippen LogP contribution in [0.25, 0.3) is 33.2 Å². The Morgan fingerprint density at radius 3 is 2.66 bits per heavy atom.